The highest BCUT2D eigenvalue weighted by Gasteiger charge is 2.26. The van der Waals surface area contributed by atoms with Crippen molar-refractivity contribution in [3.8, 4) is 5.75 Å². The summed E-state index contributed by atoms with van der Waals surface area (Å²) in [6, 6.07) is 13.0. The van der Waals surface area contributed by atoms with Crippen molar-refractivity contribution in [2.24, 2.45) is 0 Å². The van der Waals surface area contributed by atoms with Crippen molar-refractivity contribution >= 4 is 23.2 Å². The van der Waals surface area contributed by atoms with Crippen molar-refractivity contribution in [3.63, 3.8) is 0 Å². The fourth-order valence-electron chi connectivity index (χ4n) is 2.82. The first-order valence-corrected chi connectivity index (χ1v) is 8.31. The summed E-state index contributed by atoms with van der Waals surface area (Å²) in [5.41, 5.74) is 1.44. The van der Waals surface area contributed by atoms with Gasteiger partial charge >= 0.3 is 11.8 Å². The number of ether oxygens (including phenoxy) is 1. The summed E-state index contributed by atoms with van der Waals surface area (Å²) in [6.07, 6.45) is 0. The highest BCUT2D eigenvalue weighted by atomic mass is 19.1. The minimum absolute atomic E-state index is 0.390. The second-order valence-electron chi connectivity index (χ2n) is 5.94. The molecular weight excluding hydrogens is 337 g/mol. The van der Waals surface area contributed by atoms with Gasteiger partial charge in [0.2, 0.25) is 0 Å². The summed E-state index contributed by atoms with van der Waals surface area (Å²) in [6.45, 7) is 2.20. The zero-order valence-electron chi connectivity index (χ0n) is 14.4. The van der Waals surface area contributed by atoms with E-state index in [-0.39, 0.29) is 0 Å². The number of carbonyl (C=O) groups is 2. The van der Waals surface area contributed by atoms with Crippen LogP contribution in [0.2, 0.25) is 0 Å². The minimum Gasteiger partial charge on any atom is -0.497 e. The third kappa shape index (κ3) is 4.11. The lowest BCUT2D eigenvalue weighted by Gasteiger charge is -2.35. The third-order valence-corrected chi connectivity index (χ3v) is 4.30. The molecule has 2 aromatic carbocycles. The van der Waals surface area contributed by atoms with Gasteiger partial charge in [0, 0.05) is 37.6 Å². The van der Waals surface area contributed by atoms with Crippen molar-refractivity contribution in [1.29, 1.82) is 0 Å². The maximum Gasteiger partial charge on any atom is 0.313 e. The van der Waals surface area contributed by atoms with E-state index in [1.807, 2.05) is 24.3 Å². The molecule has 1 aliphatic rings. The number of hydrogen-bond acceptors (Lipinski definition) is 4. The Morgan fingerprint density at radius 1 is 0.962 bits per heavy atom. The summed E-state index contributed by atoms with van der Waals surface area (Å²) in [7, 11) is 1.62. The van der Waals surface area contributed by atoms with Crippen LogP contribution in [0.3, 0.4) is 0 Å². The van der Waals surface area contributed by atoms with Crippen LogP contribution in [0.5, 0.6) is 5.75 Å². The van der Waals surface area contributed by atoms with E-state index in [0.717, 1.165) is 11.4 Å². The van der Waals surface area contributed by atoms with Crippen LogP contribution in [0.25, 0.3) is 0 Å². The zero-order chi connectivity index (χ0) is 18.5. The molecule has 1 heterocycles. The fourth-order valence-corrected chi connectivity index (χ4v) is 2.82. The molecule has 0 saturated carbocycles. The van der Waals surface area contributed by atoms with Crippen LogP contribution in [-0.2, 0) is 9.59 Å². The number of nitrogens with zero attached hydrogens (tertiary/aromatic N) is 2. The van der Waals surface area contributed by atoms with Crippen LogP contribution in [-0.4, -0.2) is 50.0 Å². The highest BCUT2D eigenvalue weighted by molar-refractivity contribution is 6.39. The number of methoxy groups -OCH3 is 1. The summed E-state index contributed by atoms with van der Waals surface area (Å²) < 4.78 is 18.0. The number of amides is 2. The molecule has 26 heavy (non-hydrogen) atoms. The largest absolute Gasteiger partial charge is 0.497 e. The van der Waals surface area contributed by atoms with Gasteiger partial charge in [-0.05, 0) is 48.5 Å². The number of piperazine rings is 1. The molecule has 6 nitrogen and oxygen atoms in total. The van der Waals surface area contributed by atoms with Gasteiger partial charge in [-0.1, -0.05) is 0 Å². The second-order valence-corrected chi connectivity index (χ2v) is 5.94. The molecule has 0 aromatic heterocycles. The first-order chi connectivity index (χ1) is 12.6. The highest BCUT2D eigenvalue weighted by Crippen LogP contribution is 2.20. The Hall–Kier alpha value is -3.09. The normalized spacial score (nSPS) is 14.1. The molecule has 0 radical (unpaired) electrons. The lowest BCUT2D eigenvalue weighted by molar-refractivity contribution is -0.143. The fraction of sp³-hybridized carbons (Fsp3) is 0.263. The molecule has 3 rings (SSSR count). The van der Waals surface area contributed by atoms with Crippen molar-refractivity contribution in [2.45, 2.75) is 0 Å². The van der Waals surface area contributed by atoms with Crippen molar-refractivity contribution in [2.75, 3.05) is 43.5 Å². The second kappa shape index (κ2) is 7.86. The number of nitrogens with one attached hydrogen (secondary N) is 1. The molecule has 1 saturated heterocycles. The summed E-state index contributed by atoms with van der Waals surface area (Å²) in [5.74, 6) is -0.901. The monoisotopic (exact) mass is 357 g/mol. The molecule has 2 aromatic rings. The van der Waals surface area contributed by atoms with E-state index in [1.54, 1.807) is 7.11 Å². The molecule has 1 fully saturated rings. The number of hydrogen-bond donors (Lipinski definition) is 1. The lowest BCUT2D eigenvalue weighted by Crippen LogP contribution is -2.51. The van der Waals surface area contributed by atoms with Crippen molar-refractivity contribution < 1.29 is 18.7 Å². The molecule has 7 heteroatoms. The van der Waals surface area contributed by atoms with E-state index in [2.05, 4.69) is 10.2 Å². The van der Waals surface area contributed by atoms with Gasteiger partial charge in [-0.15, -0.1) is 0 Å². The Balaban J connectivity index is 1.54. The summed E-state index contributed by atoms with van der Waals surface area (Å²) in [4.78, 5) is 28.1. The predicted octanol–water partition coefficient (Wildman–Crippen LogP) is 2.12. The van der Waals surface area contributed by atoms with E-state index < -0.39 is 17.6 Å². The number of rotatable bonds is 3. The topological polar surface area (TPSA) is 61.9 Å². The SMILES string of the molecule is COc1ccc(N2CCN(C(=O)C(=O)Nc3ccc(F)cc3)CC2)cc1. The molecule has 136 valence electrons. The Morgan fingerprint density at radius 2 is 1.58 bits per heavy atom. The Labute approximate surface area is 151 Å². The predicted molar refractivity (Wildman–Crippen MR) is 96.8 cm³/mol. The van der Waals surface area contributed by atoms with Gasteiger partial charge in [0.05, 0.1) is 7.11 Å². The van der Waals surface area contributed by atoms with Gasteiger partial charge in [0.25, 0.3) is 0 Å². The van der Waals surface area contributed by atoms with Gasteiger partial charge in [-0.3, -0.25) is 9.59 Å². The standard InChI is InChI=1S/C19H20FN3O3/c1-26-17-8-6-16(7-9-17)22-10-12-23(13-11-22)19(25)18(24)21-15-4-2-14(20)3-5-15/h2-9H,10-13H2,1H3,(H,21,24). The Morgan fingerprint density at radius 3 is 2.15 bits per heavy atom. The number of benzene rings is 2. The van der Waals surface area contributed by atoms with Gasteiger partial charge < -0.3 is 19.9 Å². The van der Waals surface area contributed by atoms with Crippen LogP contribution in [0.1, 0.15) is 0 Å². The Bertz CT molecular complexity index is 770. The number of anilines is 2. The van der Waals surface area contributed by atoms with Crippen LogP contribution >= 0.6 is 0 Å². The van der Waals surface area contributed by atoms with Gasteiger partial charge in [0.1, 0.15) is 11.6 Å². The van der Waals surface area contributed by atoms with E-state index in [0.29, 0.717) is 31.9 Å². The first-order valence-electron chi connectivity index (χ1n) is 8.31. The van der Waals surface area contributed by atoms with E-state index in [9.17, 15) is 14.0 Å². The van der Waals surface area contributed by atoms with E-state index in [4.69, 9.17) is 4.74 Å². The van der Waals surface area contributed by atoms with Gasteiger partial charge in [-0.2, -0.15) is 0 Å². The summed E-state index contributed by atoms with van der Waals surface area (Å²) in [5, 5.41) is 2.50. The first kappa shape index (κ1) is 17.7. The van der Waals surface area contributed by atoms with Crippen LogP contribution in [0.4, 0.5) is 15.8 Å². The van der Waals surface area contributed by atoms with Crippen molar-refractivity contribution in [1.82, 2.24) is 4.90 Å². The van der Waals surface area contributed by atoms with Crippen LogP contribution in [0, 0.1) is 5.82 Å². The number of halogens is 1. The zero-order valence-corrected chi connectivity index (χ0v) is 14.4. The van der Waals surface area contributed by atoms with Crippen molar-refractivity contribution in [3.05, 3.63) is 54.3 Å². The molecular formula is C19H20FN3O3. The molecule has 1 N–H and O–H groups in total. The molecule has 1 aliphatic heterocycles. The quantitative estimate of drug-likeness (QED) is 0.855. The van der Waals surface area contributed by atoms with E-state index >= 15 is 0 Å². The lowest BCUT2D eigenvalue weighted by atomic mass is 10.2. The molecule has 0 bridgehead atoms. The molecule has 0 spiro atoms. The minimum atomic E-state index is -0.713. The van der Waals surface area contributed by atoms with Gasteiger partial charge in [-0.25, -0.2) is 4.39 Å². The maximum absolute atomic E-state index is 12.9. The maximum atomic E-state index is 12.9. The van der Waals surface area contributed by atoms with E-state index in [1.165, 1.54) is 29.2 Å². The van der Waals surface area contributed by atoms with Crippen LogP contribution < -0.4 is 15.0 Å². The average Bonchev–Trinajstić information content (AvgIpc) is 2.69. The van der Waals surface area contributed by atoms with Crippen LogP contribution in [0.15, 0.2) is 48.5 Å². The number of carbonyl (C=O) groups excluding carboxylic acids is 2. The molecule has 2 amide bonds. The molecule has 0 unspecified atom stereocenters. The average molecular weight is 357 g/mol. The van der Waals surface area contributed by atoms with Gasteiger partial charge in [0.15, 0.2) is 0 Å². The molecule has 0 atom stereocenters. The Kier molecular flexibility index (Phi) is 5.36. The smallest absolute Gasteiger partial charge is 0.313 e. The molecule has 0 aliphatic carbocycles. The summed E-state index contributed by atoms with van der Waals surface area (Å²) >= 11 is 0. The third-order valence-electron chi connectivity index (χ3n) is 4.30.